The molecule has 2 aromatic rings. The van der Waals surface area contributed by atoms with Crippen LogP contribution < -0.4 is 0 Å². The fourth-order valence-electron chi connectivity index (χ4n) is 3.98. The first-order chi connectivity index (χ1) is 29.1. The van der Waals surface area contributed by atoms with E-state index >= 15 is 0 Å². The summed E-state index contributed by atoms with van der Waals surface area (Å²) in [6.07, 6.45) is -18.2. The highest BCUT2D eigenvalue weighted by molar-refractivity contribution is 7.14. The van der Waals surface area contributed by atoms with Crippen molar-refractivity contribution in [1.29, 1.82) is 0 Å². The van der Waals surface area contributed by atoms with Crippen LogP contribution in [0.4, 0.5) is 131 Å². The summed E-state index contributed by atoms with van der Waals surface area (Å²) < 4.78 is 408. The summed E-state index contributed by atoms with van der Waals surface area (Å²) in [5.41, 5.74) is 0. The van der Waals surface area contributed by atoms with Crippen LogP contribution in [0.1, 0.15) is 19.5 Å². The SMILES string of the molecule is O=C(/C=C(\OB(F)F)c1ccc(C#Cc2ccc(/C(=C/C(=O)C(F)(F)C(F)(F)C(F)(F)C(F)(F)C(F)(F)C(F)(F)F)OB(F)F)s2)s1)C(F)(F)C(F)(F)C(F)(F)C(F)(F)C(F)(F)C(F)(F)F. The second-order valence-corrected chi connectivity index (χ2v) is 14.0. The van der Waals surface area contributed by atoms with Crippen LogP contribution in [0.3, 0.4) is 0 Å². The van der Waals surface area contributed by atoms with Crippen LogP contribution in [0.15, 0.2) is 36.4 Å². The highest BCUT2D eigenvalue weighted by Crippen LogP contribution is 2.62. The number of carbonyl (C=O) groups is 2. The van der Waals surface area contributed by atoms with E-state index in [1.54, 1.807) is 0 Å². The Bertz CT molecular complexity index is 2090. The first kappa shape index (κ1) is 57.5. The highest BCUT2D eigenvalue weighted by atomic mass is 32.1. The molecule has 38 heteroatoms. The number of carbonyl (C=O) groups excluding carboxylic acids is 2. The Balaban J connectivity index is 2.58. The number of rotatable bonds is 18. The molecule has 0 aliphatic heterocycles. The van der Waals surface area contributed by atoms with Gasteiger partial charge in [0.15, 0.2) is 0 Å². The normalized spacial score (nSPS) is 15.0. The van der Waals surface area contributed by atoms with Gasteiger partial charge < -0.3 is 9.31 Å². The lowest BCUT2D eigenvalue weighted by Crippen LogP contribution is -2.71. The van der Waals surface area contributed by atoms with Crippen LogP contribution in [0, 0.1) is 11.8 Å². The summed E-state index contributed by atoms with van der Waals surface area (Å²) in [4.78, 5) is 20.1. The van der Waals surface area contributed by atoms with Gasteiger partial charge in [0.1, 0.15) is 11.5 Å². The molecule has 0 saturated carbocycles. The maximum Gasteiger partial charge on any atom is 0.796 e. The summed E-state index contributed by atoms with van der Waals surface area (Å²) in [7, 11) is -8.66. The zero-order valence-corrected chi connectivity index (χ0v) is 31.0. The average molecular weight is 1060 g/mol. The standard InChI is InChI=1S/C28H6B2F30O4S2/c31-17(32,19(35,36)21(39,40)23(43,44)25(47,48)27(51,52)53)15(61)7-11(63-29(57)58)13-5-3-9(65-13)1-2-10-4-6-14(66-10)12(64-30(59)60)8-16(62)18(33,34)20(37,38)22(41,42)24(45,46)26(49,50)28(54,55)56/h3-8H/b11-7-,12-8-. The highest BCUT2D eigenvalue weighted by Gasteiger charge is 2.93. The Hall–Kier alpha value is -4.59. The van der Waals surface area contributed by atoms with Gasteiger partial charge in [0.05, 0.1) is 19.5 Å². The van der Waals surface area contributed by atoms with Crippen LogP contribution in [0.5, 0.6) is 0 Å². The second-order valence-electron chi connectivity index (χ2n) is 11.8. The third kappa shape index (κ3) is 9.72. The number of allylic oxidation sites excluding steroid dienone is 2. The van der Waals surface area contributed by atoms with Crippen LogP contribution >= 0.6 is 22.7 Å². The molecule has 0 aliphatic carbocycles. The predicted molar refractivity (Wildman–Crippen MR) is 160 cm³/mol. The predicted octanol–water partition coefficient (Wildman–Crippen LogP) is 12.4. The molecule has 0 atom stereocenters. The Kier molecular flexibility index (Phi) is 15.5. The molecule has 370 valence electrons. The summed E-state index contributed by atoms with van der Waals surface area (Å²) in [6.45, 7) is 0. The molecule has 0 bridgehead atoms. The second kappa shape index (κ2) is 17.8. The molecule has 2 heterocycles. The molecule has 0 aromatic carbocycles. The van der Waals surface area contributed by atoms with Gasteiger partial charge in [-0.1, -0.05) is 0 Å². The minimum Gasteiger partial charge on any atom is -0.504 e. The Morgan fingerprint density at radius 3 is 0.879 bits per heavy atom. The first-order valence-electron chi connectivity index (χ1n) is 15.1. The molecule has 0 fully saturated rings. The largest absolute Gasteiger partial charge is 0.796 e. The molecule has 2 aromatic heterocycles. The van der Waals surface area contributed by atoms with Gasteiger partial charge in [-0.2, -0.15) is 114 Å². The molecule has 0 radical (unpaired) electrons. The van der Waals surface area contributed by atoms with Crippen molar-refractivity contribution >= 4 is 60.7 Å². The molecule has 0 spiro atoms. The summed E-state index contributed by atoms with van der Waals surface area (Å²) in [6, 6.07) is 1.74. The zero-order valence-electron chi connectivity index (χ0n) is 29.4. The molecule has 0 amide bonds. The van der Waals surface area contributed by atoms with Gasteiger partial charge >= 0.3 is 86.5 Å². The van der Waals surface area contributed by atoms with Crippen molar-refractivity contribution < 1.29 is 150 Å². The van der Waals surface area contributed by atoms with Gasteiger partial charge in [-0.3, -0.25) is 9.59 Å². The van der Waals surface area contributed by atoms with E-state index in [9.17, 15) is 141 Å². The monoisotopic (exact) mass is 1060 g/mol. The van der Waals surface area contributed by atoms with Crippen molar-refractivity contribution in [2.24, 2.45) is 0 Å². The Morgan fingerprint density at radius 1 is 0.409 bits per heavy atom. The lowest BCUT2D eigenvalue weighted by atomic mass is 9.92. The number of halogens is 30. The maximum atomic E-state index is 14.3. The van der Waals surface area contributed by atoms with Crippen molar-refractivity contribution in [3.63, 3.8) is 0 Å². The van der Waals surface area contributed by atoms with Crippen molar-refractivity contribution in [1.82, 2.24) is 0 Å². The van der Waals surface area contributed by atoms with Gasteiger partial charge in [-0.25, -0.2) is 17.3 Å². The lowest BCUT2D eigenvalue weighted by Gasteiger charge is -2.39. The minimum absolute atomic E-state index is 0.211. The van der Waals surface area contributed by atoms with E-state index in [0.717, 1.165) is 0 Å². The van der Waals surface area contributed by atoms with Gasteiger partial charge in [-0.15, -0.1) is 22.7 Å². The molecular formula is C28H6B2F30O4S2. The zero-order chi connectivity index (χ0) is 52.3. The van der Waals surface area contributed by atoms with E-state index in [-0.39, 0.29) is 22.7 Å². The van der Waals surface area contributed by atoms with E-state index in [1.165, 1.54) is 0 Å². The van der Waals surface area contributed by atoms with E-state index in [1.807, 2.05) is 11.8 Å². The van der Waals surface area contributed by atoms with Gasteiger partial charge in [-0.05, 0) is 36.1 Å². The number of alkyl halides is 26. The molecule has 0 aliphatic rings. The van der Waals surface area contributed by atoms with Gasteiger partial charge in [0.2, 0.25) is 11.6 Å². The average Bonchev–Trinajstić information content (AvgIpc) is 3.81. The first-order valence-corrected chi connectivity index (χ1v) is 16.7. The van der Waals surface area contributed by atoms with E-state index in [2.05, 4.69) is 9.31 Å². The number of ketones is 2. The minimum atomic E-state index is -8.48. The third-order valence-electron chi connectivity index (χ3n) is 7.45. The topological polar surface area (TPSA) is 52.6 Å². The number of hydrogen-bond acceptors (Lipinski definition) is 6. The third-order valence-corrected chi connectivity index (χ3v) is 9.48. The van der Waals surface area contributed by atoms with Crippen molar-refractivity contribution in [3.05, 3.63) is 55.9 Å². The van der Waals surface area contributed by atoms with Crippen molar-refractivity contribution in [3.8, 4) is 11.8 Å². The number of thiophene rings is 2. The quantitative estimate of drug-likeness (QED) is 0.0491. The van der Waals surface area contributed by atoms with Crippen LogP contribution in [0.2, 0.25) is 0 Å². The Labute approximate surface area is 350 Å². The molecular weight excluding hydrogens is 1060 g/mol. The van der Waals surface area contributed by atoms with Crippen molar-refractivity contribution in [2.75, 3.05) is 0 Å². The molecule has 0 N–H and O–H groups in total. The molecule has 4 nitrogen and oxygen atoms in total. The van der Waals surface area contributed by atoms with E-state index < -0.39 is 141 Å². The van der Waals surface area contributed by atoms with E-state index in [0.29, 0.717) is 24.3 Å². The summed E-state index contributed by atoms with van der Waals surface area (Å²) in [5, 5.41) is 0. The van der Waals surface area contributed by atoms with Crippen LogP contribution in [-0.2, 0) is 18.9 Å². The molecule has 66 heavy (non-hydrogen) atoms. The van der Waals surface area contributed by atoms with Crippen LogP contribution in [-0.4, -0.2) is 98.1 Å². The fourth-order valence-corrected chi connectivity index (χ4v) is 5.62. The summed E-state index contributed by atoms with van der Waals surface area (Å²) >= 11 is -0.423. The maximum absolute atomic E-state index is 14.3. The lowest BCUT2D eigenvalue weighted by molar-refractivity contribution is -0.435. The van der Waals surface area contributed by atoms with Crippen molar-refractivity contribution in [2.45, 2.75) is 71.6 Å². The van der Waals surface area contributed by atoms with E-state index in [4.69, 9.17) is 0 Å². The summed E-state index contributed by atoms with van der Waals surface area (Å²) in [5.74, 6) is -90.1. The molecule has 0 unspecified atom stereocenters. The van der Waals surface area contributed by atoms with Gasteiger partial charge in [0, 0.05) is 12.2 Å². The van der Waals surface area contributed by atoms with Gasteiger partial charge in [0.25, 0.3) is 0 Å². The molecule has 0 saturated heterocycles. The fraction of sp³-hybridized carbons (Fsp3) is 0.429. The molecule has 2 rings (SSSR count). The number of hydrogen-bond donors (Lipinski definition) is 0. The Morgan fingerprint density at radius 2 is 0.652 bits per heavy atom. The smallest absolute Gasteiger partial charge is 0.504 e. The van der Waals surface area contributed by atoms with Crippen LogP contribution in [0.25, 0.3) is 11.5 Å².